The standard InChI is InChI=1S/C27H32N2O5/c1-2-18(15-24(30)31)29-25(32)27(13-7-8-14-27)17-28-26(33)34-16-23-21-11-5-3-9-19(21)20-10-4-6-12-22(20)23/h3-6,9-12,18,23H,2,7-8,13-17H2,1H3,(H,28,33)(H,29,32)(H,30,31)/t18-/m0/s1. The van der Waals surface area contributed by atoms with Crippen LogP contribution in [0.4, 0.5) is 4.79 Å². The number of amides is 2. The van der Waals surface area contributed by atoms with Gasteiger partial charge in [-0.15, -0.1) is 0 Å². The van der Waals surface area contributed by atoms with Crippen molar-refractivity contribution in [1.29, 1.82) is 0 Å². The number of carbonyl (C=O) groups excluding carboxylic acids is 2. The molecule has 2 aliphatic carbocycles. The number of benzene rings is 2. The molecule has 1 saturated carbocycles. The van der Waals surface area contributed by atoms with E-state index in [1.165, 1.54) is 11.1 Å². The second kappa shape index (κ2) is 10.3. The van der Waals surface area contributed by atoms with E-state index in [1.807, 2.05) is 31.2 Å². The zero-order valence-corrected chi connectivity index (χ0v) is 19.5. The predicted octanol–water partition coefficient (Wildman–Crippen LogP) is 4.46. The number of carboxylic acids is 1. The van der Waals surface area contributed by atoms with E-state index in [0.29, 0.717) is 19.3 Å². The Morgan fingerprint density at radius 1 is 1.03 bits per heavy atom. The molecule has 3 N–H and O–H groups in total. The first kappa shape index (κ1) is 23.8. The number of carbonyl (C=O) groups is 3. The van der Waals surface area contributed by atoms with E-state index >= 15 is 0 Å². The summed E-state index contributed by atoms with van der Waals surface area (Å²) in [6, 6.07) is 15.9. The molecule has 0 unspecified atom stereocenters. The van der Waals surface area contributed by atoms with Crippen LogP contribution in [0.25, 0.3) is 11.1 Å². The molecule has 2 aromatic carbocycles. The zero-order valence-electron chi connectivity index (χ0n) is 19.5. The smallest absolute Gasteiger partial charge is 0.407 e. The van der Waals surface area contributed by atoms with E-state index in [0.717, 1.165) is 24.0 Å². The van der Waals surface area contributed by atoms with Gasteiger partial charge in [-0.25, -0.2) is 4.79 Å². The van der Waals surface area contributed by atoms with Crippen LogP contribution in [-0.2, 0) is 14.3 Å². The second-order valence-electron chi connectivity index (χ2n) is 9.34. The Morgan fingerprint density at radius 2 is 1.62 bits per heavy atom. The van der Waals surface area contributed by atoms with Crippen LogP contribution in [0.1, 0.15) is 62.5 Å². The number of hydrogen-bond donors (Lipinski definition) is 3. The van der Waals surface area contributed by atoms with Crippen molar-refractivity contribution in [3.05, 3.63) is 59.7 Å². The molecule has 34 heavy (non-hydrogen) atoms. The molecule has 0 radical (unpaired) electrons. The highest BCUT2D eigenvalue weighted by Gasteiger charge is 2.42. The van der Waals surface area contributed by atoms with Crippen LogP contribution >= 0.6 is 0 Å². The van der Waals surface area contributed by atoms with Gasteiger partial charge in [0.2, 0.25) is 5.91 Å². The molecule has 4 rings (SSSR count). The molecule has 2 aliphatic rings. The van der Waals surface area contributed by atoms with Gasteiger partial charge in [0.15, 0.2) is 0 Å². The van der Waals surface area contributed by atoms with Gasteiger partial charge in [0.05, 0.1) is 11.8 Å². The topological polar surface area (TPSA) is 105 Å². The molecule has 0 bridgehead atoms. The summed E-state index contributed by atoms with van der Waals surface area (Å²) in [6.07, 6.45) is 2.99. The Labute approximate surface area is 199 Å². The van der Waals surface area contributed by atoms with Crippen LogP contribution in [-0.4, -0.2) is 42.3 Å². The third-order valence-electron chi connectivity index (χ3n) is 7.21. The molecule has 0 aromatic heterocycles. The van der Waals surface area contributed by atoms with Crippen molar-refractivity contribution >= 4 is 18.0 Å². The number of ether oxygens (including phenoxy) is 1. The molecule has 1 fully saturated rings. The Balaban J connectivity index is 1.36. The number of nitrogens with one attached hydrogen (secondary N) is 2. The van der Waals surface area contributed by atoms with E-state index in [-0.39, 0.29) is 31.4 Å². The maximum atomic E-state index is 13.1. The molecular formula is C27H32N2O5. The Kier molecular flexibility index (Phi) is 7.20. The van der Waals surface area contributed by atoms with Crippen molar-refractivity contribution in [3.8, 4) is 11.1 Å². The molecule has 7 nitrogen and oxygen atoms in total. The van der Waals surface area contributed by atoms with Crippen LogP contribution < -0.4 is 10.6 Å². The molecule has 2 amide bonds. The molecular weight excluding hydrogens is 432 g/mol. The number of aliphatic carboxylic acids is 1. The minimum atomic E-state index is -0.940. The molecule has 180 valence electrons. The van der Waals surface area contributed by atoms with Crippen molar-refractivity contribution in [3.63, 3.8) is 0 Å². The van der Waals surface area contributed by atoms with E-state index < -0.39 is 23.5 Å². The summed E-state index contributed by atoms with van der Waals surface area (Å²) in [7, 11) is 0. The fourth-order valence-corrected chi connectivity index (χ4v) is 5.27. The average Bonchev–Trinajstić information content (AvgIpc) is 3.44. The van der Waals surface area contributed by atoms with Crippen LogP contribution in [0.3, 0.4) is 0 Å². The lowest BCUT2D eigenvalue weighted by atomic mass is 9.84. The van der Waals surface area contributed by atoms with Gasteiger partial charge < -0.3 is 20.5 Å². The Hall–Kier alpha value is -3.35. The highest BCUT2D eigenvalue weighted by molar-refractivity contribution is 5.85. The summed E-state index contributed by atoms with van der Waals surface area (Å²) in [5.74, 6) is -1.15. The summed E-state index contributed by atoms with van der Waals surface area (Å²) in [5.41, 5.74) is 3.90. The van der Waals surface area contributed by atoms with Gasteiger partial charge in [-0.05, 0) is 41.5 Å². The lowest BCUT2D eigenvalue weighted by Gasteiger charge is -2.30. The first-order chi connectivity index (χ1) is 16.4. The van der Waals surface area contributed by atoms with Gasteiger partial charge in [-0.2, -0.15) is 0 Å². The average molecular weight is 465 g/mol. The maximum absolute atomic E-state index is 13.1. The summed E-state index contributed by atoms with van der Waals surface area (Å²) < 4.78 is 5.62. The SMILES string of the molecule is CC[C@@H](CC(=O)O)NC(=O)C1(CNC(=O)OCC2c3ccccc3-c3ccccc32)CCCC1. The minimum Gasteiger partial charge on any atom is -0.481 e. The monoisotopic (exact) mass is 464 g/mol. The molecule has 0 heterocycles. The lowest BCUT2D eigenvalue weighted by molar-refractivity contribution is -0.138. The van der Waals surface area contributed by atoms with Crippen LogP contribution in [0.5, 0.6) is 0 Å². The quantitative estimate of drug-likeness (QED) is 0.508. The van der Waals surface area contributed by atoms with Gasteiger partial charge in [-0.1, -0.05) is 68.3 Å². The summed E-state index contributed by atoms with van der Waals surface area (Å²) in [5, 5.41) is 14.8. The summed E-state index contributed by atoms with van der Waals surface area (Å²) in [6.45, 7) is 2.25. The fourth-order valence-electron chi connectivity index (χ4n) is 5.27. The van der Waals surface area contributed by atoms with E-state index in [1.54, 1.807) is 0 Å². The van der Waals surface area contributed by atoms with Gasteiger partial charge in [0.1, 0.15) is 6.61 Å². The van der Waals surface area contributed by atoms with E-state index in [9.17, 15) is 14.4 Å². The van der Waals surface area contributed by atoms with E-state index in [2.05, 4.69) is 34.9 Å². The Bertz CT molecular complexity index is 1010. The van der Waals surface area contributed by atoms with Crippen molar-refractivity contribution in [2.24, 2.45) is 5.41 Å². The number of alkyl carbamates (subject to hydrolysis) is 1. The van der Waals surface area contributed by atoms with E-state index in [4.69, 9.17) is 9.84 Å². The van der Waals surface area contributed by atoms with Crippen LogP contribution in [0.2, 0.25) is 0 Å². The second-order valence-corrected chi connectivity index (χ2v) is 9.34. The molecule has 0 spiro atoms. The fraction of sp³-hybridized carbons (Fsp3) is 0.444. The summed E-state index contributed by atoms with van der Waals surface area (Å²) in [4.78, 5) is 36.8. The van der Waals surface area contributed by atoms with Gasteiger partial charge in [-0.3, -0.25) is 9.59 Å². The van der Waals surface area contributed by atoms with Gasteiger partial charge in [0, 0.05) is 18.5 Å². The first-order valence-electron chi connectivity index (χ1n) is 12.0. The molecule has 0 aliphatic heterocycles. The van der Waals surface area contributed by atoms with Crippen molar-refractivity contribution in [1.82, 2.24) is 10.6 Å². The van der Waals surface area contributed by atoms with Crippen molar-refractivity contribution in [2.45, 2.75) is 57.4 Å². The molecule has 2 aromatic rings. The molecule has 7 heteroatoms. The van der Waals surface area contributed by atoms with Crippen molar-refractivity contribution in [2.75, 3.05) is 13.2 Å². The largest absolute Gasteiger partial charge is 0.481 e. The predicted molar refractivity (Wildman–Crippen MR) is 128 cm³/mol. The number of carboxylic acid groups (broad SMARTS) is 1. The van der Waals surface area contributed by atoms with Crippen LogP contribution in [0, 0.1) is 5.41 Å². The number of fused-ring (bicyclic) bond motifs is 3. The third-order valence-corrected chi connectivity index (χ3v) is 7.21. The van der Waals surface area contributed by atoms with Gasteiger partial charge >= 0.3 is 12.1 Å². The van der Waals surface area contributed by atoms with Gasteiger partial charge in [0.25, 0.3) is 0 Å². The number of hydrogen-bond acceptors (Lipinski definition) is 4. The third kappa shape index (κ3) is 4.93. The number of rotatable bonds is 9. The first-order valence-corrected chi connectivity index (χ1v) is 12.0. The minimum absolute atomic E-state index is 0.0248. The highest BCUT2D eigenvalue weighted by atomic mass is 16.5. The normalized spacial score (nSPS) is 16.9. The Morgan fingerprint density at radius 3 is 2.18 bits per heavy atom. The maximum Gasteiger partial charge on any atom is 0.407 e. The molecule has 1 atom stereocenters. The highest BCUT2D eigenvalue weighted by Crippen LogP contribution is 2.44. The van der Waals surface area contributed by atoms with Crippen LogP contribution in [0.15, 0.2) is 48.5 Å². The zero-order chi connectivity index (χ0) is 24.1. The molecule has 0 saturated heterocycles. The van der Waals surface area contributed by atoms with Crippen molar-refractivity contribution < 1.29 is 24.2 Å². The lowest BCUT2D eigenvalue weighted by Crippen LogP contribution is -2.50. The summed E-state index contributed by atoms with van der Waals surface area (Å²) >= 11 is 0.